The van der Waals surface area contributed by atoms with E-state index in [-0.39, 0.29) is 11.8 Å². The second-order valence-electron chi connectivity index (χ2n) is 5.45. The van der Waals surface area contributed by atoms with Gasteiger partial charge in [0.05, 0.1) is 17.0 Å². The maximum absolute atomic E-state index is 12.6. The van der Waals surface area contributed by atoms with Crippen LogP contribution in [0.25, 0.3) is 0 Å². The molecule has 0 fully saturated rings. The molecule has 0 aliphatic carbocycles. The standard InChI is InChI=1S/C15H21N5OS/c1-8(2)13-16-10(4)12(15(18-13)22-6)14(21)17-11-7-9(3)19-20(11)5/h7-8H,1-6H3,(H,17,21). The van der Waals surface area contributed by atoms with Gasteiger partial charge in [0.15, 0.2) is 0 Å². The molecule has 0 saturated carbocycles. The van der Waals surface area contributed by atoms with E-state index in [1.807, 2.05) is 40.0 Å². The maximum Gasteiger partial charge on any atom is 0.261 e. The molecule has 0 unspecified atom stereocenters. The molecule has 0 radical (unpaired) electrons. The summed E-state index contributed by atoms with van der Waals surface area (Å²) in [7, 11) is 1.79. The first kappa shape index (κ1) is 16.5. The topological polar surface area (TPSA) is 72.7 Å². The lowest BCUT2D eigenvalue weighted by Gasteiger charge is -2.13. The summed E-state index contributed by atoms with van der Waals surface area (Å²) >= 11 is 1.46. The van der Waals surface area contributed by atoms with E-state index in [0.717, 1.165) is 11.5 Å². The molecule has 0 spiro atoms. The fourth-order valence-electron chi connectivity index (χ4n) is 2.14. The van der Waals surface area contributed by atoms with Crippen molar-refractivity contribution < 1.29 is 4.79 Å². The van der Waals surface area contributed by atoms with Crippen LogP contribution in [0, 0.1) is 13.8 Å². The molecule has 2 aromatic heterocycles. The minimum atomic E-state index is -0.208. The number of anilines is 1. The van der Waals surface area contributed by atoms with Crippen molar-refractivity contribution in [1.82, 2.24) is 19.7 Å². The summed E-state index contributed by atoms with van der Waals surface area (Å²) in [6.07, 6.45) is 1.91. The Bertz CT molecular complexity index is 708. The number of aryl methyl sites for hydroxylation is 3. The Morgan fingerprint density at radius 3 is 2.50 bits per heavy atom. The van der Waals surface area contributed by atoms with Crippen molar-refractivity contribution in [3.8, 4) is 0 Å². The third kappa shape index (κ3) is 3.30. The lowest BCUT2D eigenvalue weighted by molar-refractivity contribution is 0.102. The molecular formula is C15H21N5OS. The molecule has 0 bridgehead atoms. The van der Waals surface area contributed by atoms with Crippen LogP contribution in [-0.4, -0.2) is 31.9 Å². The molecule has 0 aromatic carbocycles. The Kier molecular flexibility index (Phi) is 4.85. The van der Waals surface area contributed by atoms with Crippen molar-refractivity contribution >= 4 is 23.5 Å². The average molecular weight is 319 g/mol. The highest BCUT2D eigenvalue weighted by Crippen LogP contribution is 2.24. The molecule has 1 amide bonds. The number of amides is 1. The van der Waals surface area contributed by atoms with E-state index in [9.17, 15) is 4.79 Å². The zero-order chi connectivity index (χ0) is 16.4. The summed E-state index contributed by atoms with van der Waals surface area (Å²) in [5.41, 5.74) is 2.07. The van der Waals surface area contributed by atoms with Crippen molar-refractivity contribution in [3.05, 3.63) is 28.8 Å². The van der Waals surface area contributed by atoms with Gasteiger partial charge in [-0.05, 0) is 20.1 Å². The number of nitrogens with one attached hydrogen (secondary N) is 1. The minimum absolute atomic E-state index is 0.208. The maximum atomic E-state index is 12.6. The van der Waals surface area contributed by atoms with Crippen LogP contribution in [-0.2, 0) is 7.05 Å². The molecule has 0 aliphatic heterocycles. The van der Waals surface area contributed by atoms with E-state index in [1.54, 1.807) is 11.7 Å². The molecule has 6 nitrogen and oxygen atoms in total. The van der Waals surface area contributed by atoms with Gasteiger partial charge in [-0.15, -0.1) is 11.8 Å². The Hall–Kier alpha value is -1.89. The van der Waals surface area contributed by atoms with Gasteiger partial charge in [0, 0.05) is 19.0 Å². The molecule has 2 heterocycles. The van der Waals surface area contributed by atoms with Crippen molar-refractivity contribution in [2.75, 3.05) is 11.6 Å². The molecule has 1 N–H and O–H groups in total. The molecular weight excluding hydrogens is 298 g/mol. The Labute approximate surface area is 134 Å². The third-order valence-corrected chi connectivity index (χ3v) is 3.94. The van der Waals surface area contributed by atoms with Gasteiger partial charge in [0.2, 0.25) is 0 Å². The summed E-state index contributed by atoms with van der Waals surface area (Å²) in [6, 6.07) is 1.83. The predicted molar refractivity (Wildman–Crippen MR) is 88.5 cm³/mol. The molecule has 118 valence electrons. The van der Waals surface area contributed by atoms with Crippen LogP contribution < -0.4 is 5.32 Å². The summed E-state index contributed by atoms with van der Waals surface area (Å²) < 4.78 is 1.64. The lowest BCUT2D eigenvalue weighted by Crippen LogP contribution is -2.19. The molecule has 7 heteroatoms. The van der Waals surface area contributed by atoms with Gasteiger partial charge in [-0.25, -0.2) is 9.97 Å². The van der Waals surface area contributed by atoms with Crippen molar-refractivity contribution in [1.29, 1.82) is 0 Å². The van der Waals surface area contributed by atoms with Crippen LogP contribution in [0.2, 0.25) is 0 Å². The highest BCUT2D eigenvalue weighted by Gasteiger charge is 2.20. The third-order valence-electron chi connectivity index (χ3n) is 3.25. The molecule has 0 atom stereocenters. The summed E-state index contributed by atoms with van der Waals surface area (Å²) in [6.45, 7) is 7.81. The number of carbonyl (C=O) groups is 1. The molecule has 0 aliphatic rings. The van der Waals surface area contributed by atoms with E-state index < -0.39 is 0 Å². The average Bonchev–Trinajstić information content (AvgIpc) is 2.75. The van der Waals surface area contributed by atoms with Gasteiger partial charge < -0.3 is 5.32 Å². The van der Waals surface area contributed by atoms with Crippen molar-refractivity contribution in [3.63, 3.8) is 0 Å². The van der Waals surface area contributed by atoms with E-state index in [1.165, 1.54) is 11.8 Å². The first-order valence-electron chi connectivity index (χ1n) is 7.08. The predicted octanol–water partition coefficient (Wildman–Crippen LogP) is 2.92. The monoisotopic (exact) mass is 319 g/mol. The summed E-state index contributed by atoms with van der Waals surface area (Å²) in [5.74, 6) is 1.43. The van der Waals surface area contributed by atoms with Crippen molar-refractivity contribution in [2.45, 2.75) is 38.6 Å². The van der Waals surface area contributed by atoms with Gasteiger partial charge >= 0.3 is 0 Å². The van der Waals surface area contributed by atoms with Crippen LogP contribution in [0.4, 0.5) is 5.82 Å². The number of rotatable bonds is 4. The molecule has 2 rings (SSSR count). The summed E-state index contributed by atoms with van der Waals surface area (Å²) in [5, 5.41) is 7.81. The zero-order valence-electron chi connectivity index (χ0n) is 13.8. The number of hydrogen-bond donors (Lipinski definition) is 1. The summed E-state index contributed by atoms with van der Waals surface area (Å²) in [4.78, 5) is 21.6. The quantitative estimate of drug-likeness (QED) is 0.693. The van der Waals surface area contributed by atoms with Crippen molar-refractivity contribution in [2.24, 2.45) is 7.05 Å². The Morgan fingerprint density at radius 2 is 2.00 bits per heavy atom. The van der Waals surface area contributed by atoms with Crippen LogP contribution in [0.15, 0.2) is 11.1 Å². The number of hydrogen-bond acceptors (Lipinski definition) is 5. The molecule has 2 aromatic rings. The van der Waals surface area contributed by atoms with Gasteiger partial charge in [-0.3, -0.25) is 9.48 Å². The SMILES string of the molecule is CSc1nc(C(C)C)nc(C)c1C(=O)Nc1cc(C)nn1C. The largest absolute Gasteiger partial charge is 0.307 e. The highest BCUT2D eigenvalue weighted by atomic mass is 32.2. The number of nitrogens with zero attached hydrogens (tertiary/aromatic N) is 4. The van der Waals surface area contributed by atoms with Crippen LogP contribution in [0.3, 0.4) is 0 Å². The number of thioether (sulfide) groups is 1. The van der Waals surface area contributed by atoms with E-state index in [2.05, 4.69) is 20.4 Å². The number of carbonyl (C=O) groups excluding carboxylic acids is 1. The molecule has 0 saturated heterocycles. The van der Waals surface area contributed by atoms with E-state index in [0.29, 0.717) is 22.1 Å². The number of aromatic nitrogens is 4. The fraction of sp³-hybridized carbons (Fsp3) is 0.467. The second-order valence-corrected chi connectivity index (χ2v) is 6.25. The first-order chi connectivity index (χ1) is 10.3. The van der Waals surface area contributed by atoms with Crippen LogP contribution in [0.5, 0.6) is 0 Å². The fourth-order valence-corrected chi connectivity index (χ4v) is 2.77. The van der Waals surface area contributed by atoms with Gasteiger partial charge in [-0.2, -0.15) is 5.10 Å². The smallest absolute Gasteiger partial charge is 0.261 e. The Balaban J connectivity index is 2.39. The van der Waals surface area contributed by atoms with Crippen LogP contribution >= 0.6 is 11.8 Å². The van der Waals surface area contributed by atoms with Gasteiger partial charge in [-0.1, -0.05) is 13.8 Å². The Morgan fingerprint density at radius 1 is 1.32 bits per heavy atom. The highest BCUT2D eigenvalue weighted by molar-refractivity contribution is 7.98. The van der Waals surface area contributed by atoms with Gasteiger partial charge in [0.1, 0.15) is 16.7 Å². The first-order valence-corrected chi connectivity index (χ1v) is 8.30. The van der Waals surface area contributed by atoms with Crippen LogP contribution in [0.1, 0.15) is 47.3 Å². The second kappa shape index (κ2) is 6.48. The zero-order valence-corrected chi connectivity index (χ0v) is 14.6. The molecule has 22 heavy (non-hydrogen) atoms. The van der Waals surface area contributed by atoms with E-state index in [4.69, 9.17) is 0 Å². The van der Waals surface area contributed by atoms with E-state index >= 15 is 0 Å². The lowest BCUT2D eigenvalue weighted by atomic mass is 10.1. The normalized spacial score (nSPS) is 11.0. The van der Waals surface area contributed by atoms with Gasteiger partial charge in [0.25, 0.3) is 5.91 Å². The minimum Gasteiger partial charge on any atom is -0.307 e.